The van der Waals surface area contributed by atoms with Gasteiger partial charge in [0, 0.05) is 13.0 Å². The number of rotatable bonds is 37. The van der Waals surface area contributed by atoms with E-state index in [9.17, 15) is 9.90 Å². The number of esters is 1. The summed E-state index contributed by atoms with van der Waals surface area (Å²) in [5, 5.41) is 9.56. The van der Waals surface area contributed by atoms with Crippen LogP contribution in [0.1, 0.15) is 206 Å². The van der Waals surface area contributed by atoms with Crippen molar-refractivity contribution in [3.63, 3.8) is 0 Å². The molecule has 0 heterocycles. The molecule has 0 aliphatic rings. The number of unbranched alkanes of at least 4 members (excludes halogenated alkanes) is 25. The minimum atomic E-state index is -0.534. The minimum absolute atomic E-state index is 0.172. The van der Waals surface area contributed by atoms with Gasteiger partial charge in [-0.15, -0.1) is 0 Å². The molecule has 1 N–H and O–H groups in total. The van der Waals surface area contributed by atoms with Crippen LogP contribution in [0.25, 0.3) is 0 Å². The molecule has 0 saturated heterocycles. The summed E-state index contributed by atoms with van der Waals surface area (Å²) < 4.78 is 11.1. The van der Waals surface area contributed by atoms with Crippen molar-refractivity contribution >= 4 is 5.97 Å². The topological polar surface area (TPSA) is 55.8 Å². The van der Waals surface area contributed by atoms with Gasteiger partial charge in [0.15, 0.2) is 0 Å². The lowest BCUT2D eigenvalue weighted by Crippen LogP contribution is -2.27. The van der Waals surface area contributed by atoms with Crippen molar-refractivity contribution in [2.75, 3.05) is 19.8 Å². The van der Waals surface area contributed by atoms with Gasteiger partial charge in [0.1, 0.15) is 6.10 Å². The summed E-state index contributed by atoms with van der Waals surface area (Å²) in [5.41, 5.74) is 0. The lowest BCUT2D eigenvalue weighted by atomic mass is 10.1. The molecule has 0 rings (SSSR count). The first kappa shape index (κ1) is 43.9. The summed E-state index contributed by atoms with van der Waals surface area (Å²) in [7, 11) is 0. The van der Waals surface area contributed by atoms with Crippen LogP contribution in [0.4, 0.5) is 0 Å². The van der Waals surface area contributed by atoms with E-state index >= 15 is 0 Å². The second kappa shape index (κ2) is 39.1. The van der Waals surface area contributed by atoms with E-state index in [-0.39, 0.29) is 12.6 Å². The smallest absolute Gasteiger partial charge is 0.306 e. The van der Waals surface area contributed by atoms with Gasteiger partial charge in [-0.25, -0.2) is 0 Å². The third-order valence-electron chi connectivity index (χ3n) is 8.75. The van der Waals surface area contributed by atoms with E-state index < -0.39 is 6.10 Å². The van der Waals surface area contributed by atoms with Crippen LogP contribution in [0.5, 0.6) is 0 Å². The molecule has 0 bridgehead atoms. The Bertz CT molecular complexity index is 629. The highest BCUT2D eigenvalue weighted by Gasteiger charge is 2.13. The van der Waals surface area contributed by atoms with E-state index in [1.54, 1.807) is 0 Å². The van der Waals surface area contributed by atoms with Crippen LogP contribution in [0.2, 0.25) is 0 Å². The van der Waals surface area contributed by atoms with Crippen LogP contribution < -0.4 is 0 Å². The number of carbonyl (C=O) groups is 1. The van der Waals surface area contributed by atoms with Crippen LogP contribution in [0.3, 0.4) is 0 Å². The lowest BCUT2D eigenvalue weighted by molar-refractivity contribution is -0.154. The van der Waals surface area contributed by atoms with Gasteiger partial charge in [-0.05, 0) is 57.8 Å². The molecular weight excluding hydrogens is 556 g/mol. The Morgan fingerprint density at radius 3 is 1.33 bits per heavy atom. The zero-order valence-electron chi connectivity index (χ0n) is 30.4. The molecule has 0 amide bonds. The average molecular weight is 635 g/mol. The number of ether oxygens (including phenoxy) is 2. The van der Waals surface area contributed by atoms with Crippen LogP contribution in [0, 0.1) is 0 Å². The van der Waals surface area contributed by atoms with Crippen molar-refractivity contribution < 1.29 is 19.4 Å². The van der Waals surface area contributed by atoms with E-state index in [1.165, 1.54) is 167 Å². The first-order chi connectivity index (χ1) is 22.2. The second-order valence-electron chi connectivity index (χ2n) is 13.3. The molecule has 0 radical (unpaired) electrons. The van der Waals surface area contributed by atoms with Crippen molar-refractivity contribution in [1.29, 1.82) is 0 Å². The van der Waals surface area contributed by atoms with E-state index in [1.807, 2.05) is 0 Å². The van der Waals surface area contributed by atoms with Crippen molar-refractivity contribution in [3.8, 4) is 0 Å². The second-order valence-corrected chi connectivity index (χ2v) is 13.3. The van der Waals surface area contributed by atoms with E-state index in [0.717, 1.165) is 19.3 Å². The molecule has 0 aromatic rings. The number of aliphatic hydroxyl groups is 1. The Morgan fingerprint density at radius 1 is 0.511 bits per heavy atom. The molecule has 0 aromatic heterocycles. The predicted octanol–water partition coefficient (Wildman–Crippen LogP) is 12.8. The lowest BCUT2D eigenvalue weighted by Gasteiger charge is -2.15. The summed E-state index contributed by atoms with van der Waals surface area (Å²) in [6, 6.07) is 0. The Balaban J connectivity index is 3.41. The molecule has 4 heteroatoms. The SMILES string of the molecule is CCCC/C=C\CCCCCCCCOCC(CO)OC(=O)CCCCCCCCCCC/C=C\CCCCCCCCCC. The van der Waals surface area contributed by atoms with E-state index in [0.29, 0.717) is 19.6 Å². The molecule has 1 atom stereocenters. The van der Waals surface area contributed by atoms with Crippen LogP contribution in [-0.4, -0.2) is 37.0 Å². The van der Waals surface area contributed by atoms with Gasteiger partial charge in [-0.3, -0.25) is 4.79 Å². The third kappa shape index (κ3) is 37.2. The van der Waals surface area contributed by atoms with Crippen LogP contribution in [0.15, 0.2) is 24.3 Å². The fourth-order valence-corrected chi connectivity index (χ4v) is 5.72. The Morgan fingerprint density at radius 2 is 0.889 bits per heavy atom. The minimum Gasteiger partial charge on any atom is -0.457 e. The first-order valence-corrected chi connectivity index (χ1v) is 19.9. The maximum absolute atomic E-state index is 12.2. The van der Waals surface area contributed by atoms with Gasteiger partial charge in [0.2, 0.25) is 0 Å². The molecule has 0 fully saturated rings. The zero-order chi connectivity index (χ0) is 32.7. The number of hydrogen-bond donors (Lipinski definition) is 1. The molecule has 0 aromatic carbocycles. The Labute approximate surface area is 281 Å². The fourth-order valence-electron chi connectivity index (χ4n) is 5.72. The molecule has 0 aliphatic heterocycles. The molecule has 0 saturated carbocycles. The van der Waals surface area contributed by atoms with Gasteiger partial charge in [-0.2, -0.15) is 0 Å². The highest BCUT2D eigenvalue weighted by Crippen LogP contribution is 2.14. The Kier molecular flexibility index (Phi) is 38.1. The normalized spacial score (nSPS) is 12.5. The Hall–Kier alpha value is -1.13. The van der Waals surface area contributed by atoms with Crippen molar-refractivity contribution in [1.82, 2.24) is 0 Å². The van der Waals surface area contributed by atoms with Crippen LogP contribution in [-0.2, 0) is 14.3 Å². The summed E-state index contributed by atoms with van der Waals surface area (Å²) in [5.74, 6) is -0.204. The molecule has 1 unspecified atom stereocenters. The average Bonchev–Trinajstić information content (AvgIpc) is 3.05. The third-order valence-corrected chi connectivity index (χ3v) is 8.75. The summed E-state index contributed by atoms with van der Waals surface area (Å²) in [6.07, 6.45) is 46.6. The molecule has 45 heavy (non-hydrogen) atoms. The standard InChI is InChI=1S/C41H78O4/c1-3-5-7-9-11-13-15-17-18-19-20-21-22-23-24-25-26-28-30-32-34-36-41(43)45-40(38-42)39-44-37-35-33-31-29-27-16-14-12-10-8-6-4-2/h10,12,19-20,40,42H,3-9,11,13-18,21-39H2,1-2H3/b12-10-,20-19-. The highest BCUT2D eigenvalue weighted by molar-refractivity contribution is 5.69. The van der Waals surface area contributed by atoms with Gasteiger partial charge in [0.25, 0.3) is 0 Å². The number of hydrogen-bond acceptors (Lipinski definition) is 4. The maximum Gasteiger partial charge on any atom is 0.306 e. The van der Waals surface area contributed by atoms with Gasteiger partial charge in [0.05, 0.1) is 13.2 Å². The van der Waals surface area contributed by atoms with Gasteiger partial charge < -0.3 is 14.6 Å². The monoisotopic (exact) mass is 635 g/mol. The molecular formula is C41H78O4. The fraction of sp³-hybridized carbons (Fsp3) is 0.878. The number of carbonyl (C=O) groups excluding carboxylic acids is 1. The number of aliphatic hydroxyl groups excluding tert-OH is 1. The quantitative estimate of drug-likeness (QED) is 0.0420. The summed E-state index contributed by atoms with van der Waals surface area (Å²) in [6.45, 7) is 5.32. The van der Waals surface area contributed by atoms with Gasteiger partial charge in [-0.1, -0.05) is 167 Å². The summed E-state index contributed by atoms with van der Waals surface area (Å²) >= 11 is 0. The molecule has 0 aliphatic carbocycles. The van der Waals surface area contributed by atoms with Crippen molar-refractivity contribution in [2.24, 2.45) is 0 Å². The van der Waals surface area contributed by atoms with Crippen molar-refractivity contribution in [3.05, 3.63) is 24.3 Å². The van der Waals surface area contributed by atoms with Crippen molar-refractivity contribution in [2.45, 2.75) is 213 Å². The molecule has 4 nitrogen and oxygen atoms in total. The van der Waals surface area contributed by atoms with E-state index in [4.69, 9.17) is 9.47 Å². The maximum atomic E-state index is 12.2. The zero-order valence-corrected chi connectivity index (χ0v) is 30.4. The van der Waals surface area contributed by atoms with Crippen LogP contribution >= 0.6 is 0 Å². The first-order valence-electron chi connectivity index (χ1n) is 19.9. The number of allylic oxidation sites excluding steroid dienone is 4. The van der Waals surface area contributed by atoms with E-state index in [2.05, 4.69) is 38.2 Å². The highest BCUT2D eigenvalue weighted by atomic mass is 16.6. The predicted molar refractivity (Wildman–Crippen MR) is 196 cm³/mol. The molecule has 266 valence electrons. The largest absolute Gasteiger partial charge is 0.457 e. The summed E-state index contributed by atoms with van der Waals surface area (Å²) in [4.78, 5) is 12.2. The molecule has 0 spiro atoms. The van der Waals surface area contributed by atoms with Gasteiger partial charge >= 0.3 is 5.97 Å².